The first-order valence-electron chi connectivity index (χ1n) is 5.85. The number of aliphatic hydroxyl groups is 1. The van der Waals surface area contributed by atoms with E-state index in [9.17, 15) is 4.79 Å². The summed E-state index contributed by atoms with van der Waals surface area (Å²) in [7, 11) is 0. The summed E-state index contributed by atoms with van der Waals surface area (Å²) in [4.78, 5) is 14.9. The first-order chi connectivity index (χ1) is 8.39. The van der Waals surface area contributed by atoms with Crippen molar-refractivity contribution in [3.8, 4) is 0 Å². The molecule has 0 aliphatic rings. The van der Waals surface area contributed by atoms with Gasteiger partial charge in [-0.2, -0.15) is 0 Å². The van der Waals surface area contributed by atoms with E-state index in [1.807, 2.05) is 39.0 Å². The van der Waals surface area contributed by atoms with Gasteiger partial charge in [-0.25, -0.2) is 4.79 Å². The van der Waals surface area contributed by atoms with Crippen LogP contribution in [-0.4, -0.2) is 21.7 Å². The van der Waals surface area contributed by atoms with Gasteiger partial charge in [0.1, 0.15) is 11.3 Å². The highest BCUT2D eigenvalue weighted by molar-refractivity contribution is 5.95. The molecule has 96 valence electrons. The summed E-state index contributed by atoms with van der Waals surface area (Å²) in [5, 5.41) is 9.96. The standard InChI is InChI=1S/C14H17NO3/c1-14(2,3)18-13(17)12-7-10-6-9(8-16)4-5-11(10)15-12/h4-7,15-16H,8H2,1-3H3. The molecule has 4 nitrogen and oxygen atoms in total. The molecule has 2 rings (SSSR count). The van der Waals surface area contributed by atoms with E-state index in [1.165, 1.54) is 0 Å². The van der Waals surface area contributed by atoms with Crippen molar-refractivity contribution in [2.24, 2.45) is 0 Å². The van der Waals surface area contributed by atoms with E-state index in [2.05, 4.69) is 4.98 Å². The monoisotopic (exact) mass is 247 g/mol. The van der Waals surface area contributed by atoms with Gasteiger partial charge in [0.2, 0.25) is 0 Å². The third-order valence-corrected chi connectivity index (χ3v) is 2.49. The molecule has 1 aromatic carbocycles. The van der Waals surface area contributed by atoms with Crippen LogP contribution in [-0.2, 0) is 11.3 Å². The molecule has 1 heterocycles. The molecule has 0 atom stereocenters. The number of rotatable bonds is 2. The summed E-state index contributed by atoms with van der Waals surface area (Å²) in [6, 6.07) is 7.24. The fraction of sp³-hybridized carbons (Fsp3) is 0.357. The predicted octanol–water partition coefficient (Wildman–Crippen LogP) is 2.62. The smallest absolute Gasteiger partial charge is 0.355 e. The van der Waals surface area contributed by atoms with Crippen LogP contribution < -0.4 is 0 Å². The Bertz CT molecular complexity index is 578. The van der Waals surface area contributed by atoms with Crippen molar-refractivity contribution < 1.29 is 14.6 Å². The Kier molecular flexibility index (Phi) is 3.13. The molecule has 2 N–H and O–H groups in total. The molecule has 0 aliphatic carbocycles. The highest BCUT2D eigenvalue weighted by Crippen LogP contribution is 2.19. The van der Waals surface area contributed by atoms with Crippen molar-refractivity contribution in [3.63, 3.8) is 0 Å². The highest BCUT2D eigenvalue weighted by atomic mass is 16.6. The number of fused-ring (bicyclic) bond motifs is 1. The zero-order valence-corrected chi connectivity index (χ0v) is 10.8. The Morgan fingerprint density at radius 2 is 2.06 bits per heavy atom. The number of hydrogen-bond donors (Lipinski definition) is 2. The first kappa shape index (κ1) is 12.6. The molecule has 0 bridgehead atoms. The normalized spacial score (nSPS) is 11.8. The van der Waals surface area contributed by atoms with Gasteiger partial charge in [-0.15, -0.1) is 0 Å². The molecular weight excluding hydrogens is 230 g/mol. The predicted molar refractivity (Wildman–Crippen MR) is 69.4 cm³/mol. The minimum atomic E-state index is -0.509. The second-order valence-corrected chi connectivity index (χ2v) is 5.26. The molecule has 0 amide bonds. The summed E-state index contributed by atoms with van der Waals surface area (Å²) in [6.07, 6.45) is 0. The first-order valence-corrected chi connectivity index (χ1v) is 5.85. The number of carbonyl (C=O) groups excluding carboxylic acids is 1. The minimum Gasteiger partial charge on any atom is -0.455 e. The molecule has 0 aliphatic heterocycles. The van der Waals surface area contributed by atoms with Crippen molar-refractivity contribution >= 4 is 16.9 Å². The van der Waals surface area contributed by atoms with Crippen LogP contribution in [0.15, 0.2) is 24.3 Å². The van der Waals surface area contributed by atoms with Crippen molar-refractivity contribution in [2.75, 3.05) is 0 Å². The Morgan fingerprint density at radius 3 is 2.67 bits per heavy atom. The highest BCUT2D eigenvalue weighted by Gasteiger charge is 2.19. The molecule has 0 unspecified atom stereocenters. The number of aliphatic hydroxyl groups excluding tert-OH is 1. The van der Waals surface area contributed by atoms with E-state index in [1.54, 1.807) is 6.07 Å². The van der Waals surface area contributed by atoms with Crippen molar-refractivity contribution in [1.82, 2.24) is 4.98 Å². The maximum absolute atomic E-state index is 11.9. The Labute approximate surface area is 106 Å². The molecule has 1 aromatic heterocycles. The number of carbonyl (C=O) groups is 1. The fourth-order valence-corrected chi connectivity index (χ4v) is 1.72. The van der Waals surface area contributed by atoms with Crippen LogP contribution in [0.3, 0.4) is 0 Å². The van der Waals surface area contributed by atoms with Crippen LogP contribution >= 0.6 is 0 Å². The van der Waals surface area contributed by atoms with Crippen LogP contribution in [0, 0.1) is 0 Å². The lowest BCUT2D eigenvalue weighted by Gasteiger charge is -2.18. The van der Waals surface area contributed by atoms with E-state index in [0.29, 0.717) is 5.69 Å². The number of aromatic amines is 1. The third kappa shape index (κ3) is 2.71. The number of hydrogen-bond acceptors (Lipinski definition) is 3. The molecule has 0 saturated heterocycles. The summed E-state index contributed by atoms with van der Waals surface area (Å²) in [5.41, 5.74) is 1.59. The number of esters is 1. The molecule has 0 saturated carbocycles. The fourth-order valence-electron chi connectivity index (χ4n) is 1.72. The molecule has 0 radical (unpaired) electrons. The van der Waals surface area contributed by atoms with Crippen molar-refractivity contribution in [3.05, 3.63) is 35.5 Å². The van der Waals surface area contributed by atoms with Gasteiger partial charge in [0, 0.05) is 10.9 Å². The summed E-state index contributed by atoms with van der Waals surface area (Å²) in [5.74, 6) is -0.371. The molecule has 4 heteroatoms. The van der Waals surface area contributed by atoms with Gasteiger partial charge in [-0.1, -0.05) is 6.07 Å². The second-order valence-electron chi connectivity index (χ2n) is 5.26. The van der Waals surface area contributed by atoms with Crippen LogP contribution in [0.5, 0.6) is 0 Å². The average molecular weight is 247 g/mol. The SMILES string of the molecule is CC(C)(C)OC(=O)c1cc2cc(CO)ccc2[nH]1. The lowest BCUT2D eigenvalue weighted by molar-refractivity contribution is 0.00639. The zero-order valence-electron chi connectivity index (χ0n) is 10.8. The van der Waals surface area contributed by atoms with E-state index in [0.717, 1.165) is 16.5 Å². The van der Waals surface area contributed by atoms with E-state index >= 15 is 0 Å². The number of benzene rings is 1. The summed E-state index contributed by atoms with van der Waals surface area (Å²) in [6.45, 7) is 5.48. The van der Waals surface area contributed by atoms with Gasteiger partial charge in [0.05, 0.1) is 6.61 Å². The number of H-pyrrole nitrogens is 1. The number of nitrogens with one attached hydrogen (secondary N) is 1. The maximum atomic E-state index is 11.9. The molecule has 0 spiro atoms. The number of ether oxygens (including phenoxy) is 1. The van der Waals surface area contributed by atoms with Crippen LogP contribution in [0.2, 0.25) is 0 Å². The van der Waals surface area contributed by atoms with Crippen LogP contribution in [0.1, 0.15) is 36.8 Å². The maximum Gasteiger partial charge on any atom is 0.355 e. The van der Waals surface area contributed by atoms with Crippen molar-refractivity contribution in [2.45, 2.75) is 33.0 Å². The zero-order chi connectivity index (χ0) is 13.3. The van der Waals surface area contributed by atoms with Gasteiger partial charge in [-0.05, 0) is 44.5 Å². The van der Waals surface area contributed by atoms with Gasteiger partial charge in [0.25, 0.3) is 0 Å². The molecule has 0 fully saturated rings. The Morgan fingerprint density at radius 1 is 1.33 bits per heavy atom. The lowest BCUT2D eigenvalue weighted by atomic mass is 10.1. The third-order valence-electron chi connectivity index (χ3n) is 2.49. The van der Waals surface area contributed by atoms with E-state index in [4.69, 9.17) is 9.84 Å². The van der Waals surface area contributed by atoms with Gasteiger partial charge in [-0.3, -0.25) is 0 Å². The van der Waals surface area contributed by atoms with Crippen LogP contribution in [0.4, 0.5) is 0 Å². The van der Waals surface area contributed by atoms with Gasteiger partial charge < -0.3 is 14.8 Å². The molecule has 2 aromatic rings. The lowest BCUT2D eigenvalue weighted by Crippen LogP contribution is -2.24. The largest absolute Gasteiger partial charge is 0.455 e. The van der Waals surface area contributed by atoms with Crippen molar-refractivity contribution in [1.29, 1.82) is 0 Å². The van der Waals surface area contributed by atoms with E-state index < -0.39 is 5.60 Å². The second kappa shape index (κ2) is 4.46. The van der Waals surface area contributed by atoms with E-state index in [-0.39, 0.29) is 12.6 Å². The summed E-state index contributed by atoms with van der Waals surface area (Å²) >= 11 is 0. The molecular formula is C14H17NO3. The minimum absolute atomic E-state index is 0.0110. The average Bonchev–Trinajstić information content (AvgIpc) is 2.69. The molecule has 18 heavy (non-hydrogen) atoms. The number of aromatic nitrogens is 1. The Balaban J connectivity index is 2.32. The summed E-state index contributed by atoms with van der Waals surface area (Å²) < 4.78 is 5.29. The van der Waals surface area contributed by atoms with Crippen LogP contribution in [0.25, 0.3) is 10.9 Å². The topological polar surface area (TPSA) is 62.3 Å². The van der Waals surface area contributed by atoms with Gasteiger partial charge >= 0.3 is 5.97 Å². The Hall–Kier alpha value is -1.81. The quantitative estimate of drug-likeness (QED) is 0.802. The van der Waals surface area contributed by atoms with Gasteiger partial charge in [0.15, 0.2) is 0 Å².